The molecule has 0 aromatic heterocycles. The van der Waals surface area contributed by atoms with Crippen LogP contribution in [0.4, 0.5) is 0 Å². The largest absolute Gasteiger partial charge is 0.375 e. The van der Waals surface area contributed by atoms with Gasteiger partial charge in [-0.3, -0.25) is 4.79 Å². The SMILES string of the molecule is CC(C)=CC(=O)NC1CCOC(C)(C)C1. The summed E-state index contributed by atoms with van der Waals surface area (Å²) < 4.78 is 5.59. The topological polar surface area (TPSA) is 38.3 Å². The van der Waals surface area contributed by atoms with Crippen molar-refractivity contribution in [1.29, 1.82) is 0 Å². The number of hydrogen-bond donors (Lipinski definition) is 1. The van der Waals surface area contributed by atoms with E-state index in [4.69, 9.17) is 4.74 Å². The van der Waals surface area contributed by atoms with Crippen LogP contribution in [-0.4, -0.2) is 24.2 Å². The molecule has 0 aromatic rings. The van der Waals surface area contributed by atoms with Gasteiger partial charge in [0.05, 0.1) is 5.60 Å². The third-order valence-corrected chi connectivity index (χ3v) is 2.46. The molecule has 1 aliphatic rings. The predicted octanol–water partition coefficient (Wildman–Crippen LogP) is 2.03. The predicted molar refractivity (Wildman–Crippen MR) is 60.6 cm³/mol. The van der Waals surface area contributed by atoms with Gasteiger partial charge in [0, 0.05) is 18.7 Å². The molecule has 3 nitrogen and oxygen atoms in total. The highest BCUT2D eigenvalue weighted by Crippen LogP contribution is 2.23. The standard InChI is InChI=1S/C12H21NO2/c1-9(2)7-11(14)13-10-5-6-15-12(3,4)8-10/h7,10H,5-6,8H2,1-4H3,(H,13,14). The first-order valence-corrected chi connectivity index (χ1v) is 5.48. The minimum Gasteiger partial charge on any atom is -0.375 e. The first kappa shape index (κ1) is 12.2. The summed E-state index contributed by atoms with van der Waals surface area (Å²) in [5, 5.41) is 3.01. The first-order valence-electron chi connectivity index (χ1n) is 5.48. The molecule has 1 fully saturated rings. The summed E-state index contributed by atoms with van der Waals surface area (Å²) in [6.07, 6.45) is 3.43. The Morgan fingerprint density at radius 2 is 2.13 bits per heavy atom. The van der Waals surface area contributed by atoms with Crippen molar-refractivity contribution in [2.75, 3.05) is 6.61 Å². The Morgan fingerprint density at radius 3 is 2.67 bits per heavy atom. The summed E-state index contributed by atoms with van der Waals surface area (Å²) >= 11 is 0. The quantitative estimate of drug-likeness (QED) is 0.710. The molecule has 1 atom stereocenters. The lowest BCUT2D eigenvalue weighted by Crippen LogP contribution is -2.45. The van der Waals surface area contributed by atoms with Crippen molar-refractivity contribution < 1.29 is 9.53 Å². The van der Waals surface area contributed by atoms with Crippen LogP contribution in [0.2, 0.25) is 0 Å². The number of carbonyl (C=O) groups excluding carboxylic acids is 1. The fraction of sp³-hybridized carbons (Fsp3) is 0.750. The second kappa shape index (κ2) is 4.79. The number of amides is 1. The van der Waals surface area contributed by atoms with Gasteiger partial charge in [-0.15, -0.1) is 0 Å². The highest BCUT2D eigenvalue weighted by atomic mass is 16.5. The van der Waals surface area contributed by atoms with Gasteiger partial charge in [0.1, 0.15) is 0 Å². The zero-order valence-corrected chi connectivity index (χ0v) is 10.1. The molecule has 86 valence electrons. The Kier molecular flexibility index (Phi) is 3.91. The maximum absolute atomic E-state index is 11.5. The number of allylic oxidation sites excluding steroid dienone is 1. The van der Waals surface area contributed by atoms with E-state index in [0.717, 1.165) is 25.0 Å². The highest BCUT2D eigenvalue weighted by Gasteiger charge is 2.29. The normalized spacial score (nSPS) is 24.4. The zero-order chi connectivity index (χ0) is 11.5. The molecule has 1 N–H and O–H groups in total. The molecule has 1 heterocycles. The molecule has 1 saturated heterocycles. The van der Waals surface area contributed by atoms with Gasteiger partial charge in [-0.1, -0.05) is 5.57 Å². The summed E-state index contributed by atoms with van der Waals surface area (Å²) in [4.78, 5) is 11.5. The molecule has 0 saturated carbocycles. The maximum Gasteiger partial charge on any atom is 0.244 e. The van der Waals surface area contributed by atoms with Crippen molar-refractivity contribution in [3.8, 4) is 0 Å². The Hall–Kier alpha value is -0.830. The minimum absolute atomic E-state index is 0.0118. The Bertz CT molecular complexity index is 265. The monoisotopic (exact) mass is 211 g/mol. The first-order chi connectivity index (χ1) is 6.89. The molecule has 1 amide bonds. The van der Waals surface area contributed by atoms with E-state index in [-0.39, 0.29) is 17.6 Å². The van der Waals surface area contributed by atoms with Gasteiger partial charge in [-0.2, -0.15) is 0 Å². The van der Waals surface area contributed by atoms with Crippen molar-refractivity contribution in [2.45, 2.75) is 52.2 Å². The molecule has 1 unspecified atom stereocenters. The van der Waals surface area contributed by atoms with Crippen molar-refractivity contribution >= 4 is 5.91 Å². The van der Waals surface area contributed by atoms with Crippen molar-refractivity contribution in [2.24, 2.45) is 0 Å². The van der Waals surface area contributed by atoms with E-state index in [2.05, 4.69) is 19.2 Å². The van der Waals surface area contributed by atoms with Crippen molar-refractivity contribution in [3.63, 3.8) is 0 Å². The molecule has 0 bridgehead atoms. The third kappa shape index (κ3) is 4.47. The highest BCUT2D eigenvalue weighted by molar-refractivity contribution is 5.88. The lowest BCUT2D eigenvalue weighted by molar-refractivity contribution is -0.119. The minimum atomic E-state index is -0.110. The van der Waals surface area contributed by atoms with Crippen LogP contribution < -0.4 is 5.32 Å². The van der Waals surface area contributed by atoms with E-state index >= 15 is 0 Å². The van der Waals surface area contributed by atoms with Crippen LogP contribution in [0.3, 0.4) is 0 Å². The van der Waals surface area contributed by atoms with Crippen LogP contribution in [0.25, 0.3) is 0 Å². The summed E-state index contributed by atoms with van der Waals surface area (Å²) in [7, 11) is 0. The van der Waals surface area contributed by atoms with E-state index in [1.165, 1.54) is 0 Å². The summed E-state index contributed by atoms with van der Waals surface area (Å²) in [5.74, 6) is 0.0118. The molecule has 3 heteroatoms. The second-order valence-electron chi connectivity index (χ2n) is 5.03. The summed E-state index contributed by atoms with van der Waals surface area (Å²) in [6, 6.07) is 0.247. The zero-order valence-electron chi connectivity index (χ0n) is 10.1. The number of ether oxygens (including phenoxy) is 1. The summed E-state index contributed by atoms with van der Waals surface area (Å²) in [5.41, 5.74) is 0.917. The molecule has 0 aliphatic carbocycles. The molecular weight excluding hydrogens is 190 g/mol. The van der Waals surface area contributed by atoms with Crippen molar-refractivity contribution in [3.05, 3.63) is 11.6 Å². The second-order valence-corrected chi connectivity index (χ2v) is 5.03. The number of carbonyl (C=O) groups is 1. The average Bonchev–Trinajstić information content (AvgIpc) is 1.99. The third-order valence-electron chi connectivity index (χ3n) is 2.46. The van der Waals surface area contributed by atoms with Gasteiger partial charge in [0.2, 0.25) is 5.91 Å². The van der Waals surface area contributed by atoms with Gasteiger partial charge in [-0.25, -0.2) is 0 Å². The number of rotatable bonds is 2. The summed E-state index contributed by atoms with van der Waals surface area (Å²) in [6.45, 7) is 8.70. The fourth-order valence-corrected chi connectivity index (χ4v) is 1.86. The Balaban J connectivity index is 2.45. The molecular formula is C12H21NO2. The molecule has 0 spiro atoms. The molecule has 0 radical (unpaired) electrons. The molecule has 1 rings (SSSR count). The van der Waals surface area contributed by atoms with Crippen LogP contribution in [0.1, 0.15) is 40.5 Å². The van der Waals surface area contributed by atoms with Crippen LogP contribution >= 0.6 is 0 Å². The van der Waals surface area contributed by atoms with E-state index in [1.807, 2.05) is 13.8 Å². The van der Waals surface area contributed by atoms with Gasteiger partial charge < -0.3 is 10.1 Å². The van der Waals surface area contributed by atoms with Gasteiger partial charge in [-0.05, 0) is 40.5 Å². The lowest BCUT2D eigenvalue weighted by atomic mass is 9.94. The maximum atomic E-state index is 11.5. The fourth-order valence-electron chi connectivity index (χ4n) is 1.86. The van der Waals surface area contributed by atoms with Crippen LogP contribution in [-0.2, 0) is 9.53 Å². The van der Waals surface area contributed by atoms with Gasteiger partial charge in [0.15, 0.2) is 0 Å². The molecule has 0 aromatic carbocycles. The van der Waals surface area contributed by atoms with Crippen molar-refractivity contribution in [1.82, 2.24) is 5.32 Å². The molecule has 15 heavy (non-hydrogen) atoms. The Morgan fingerprint density at radius 1 is 1.47 bits per heavy atom. The number of nitrogens with one attached hydrogen (secondary N) is 1. The van der Waals surface area contributed by atoms with E-state index in [1.54, 1.807) is 6.08 Å². The lowest BCUT2D eigenvalue weighted by Gasteiger charge is -2.35. The van der Waals surface area contributed by atoms with Crippen LogP contribution in [0, 0.1) is 0 Å². The number of hydrogen-bond acceptors (Lipinski definition) is 2. The Labute approximate surface area is 91.9 Å². The molecule has 1 aliphatic heterocycles. The average molecular weight is 211 g/mol. The van der Waals surface area contributed by atoms with E-state index < -0.39 is 0 Å². The smallest absolute Gasteiger partial charge is 0.244 e. The van der Waals surface area contributed by atoms with E-state index in [9.17, 15) is 4.79 Å². The van der Waals surface area contributed by atoms with Crippen LogP contribution in [0.5, 0.6) is 0 Å². The van der Waals surface area contributed by atoms with Gasteiger partial charge in [0.25, 0.3) is 0 Å². The van der Waals surface area contributed by atoms with E-state index in [0.29, 0.717) is 0 Å². The van der Waals surface area contributed by atoms with Crippen LogP contribution in [0.15, 0.2) is 11.6 Å². The van der Waals surface area contributed by atoms with Gasteiger partial charge >= 0.3 is 0 Å².